The molecule has 28 heavy (non-hydrogen) atoms. The Morgan fingerprint density at radius 2 is 1.54 bits per heavy atom. The predicted molar refractivity (Wildman–Crippen MR) is 102 cm³/mol. The van der Waals surface area contributed by atoms with Crippen LogP contribution in [0.1, 0.15) is 12.0 Å². The summed E-state index contributed by atoms with van der Waals surface area (Å²) in [5.74, 6) is 2.42. The van der Waals surface area contributed by atoms with Gasteiger partial charge < -0.3 is 23.7 Å². The first-order valence-electron chi connectivity index (χ1n) is 8.66. The van der Waals surface area contributed by atoms with Crippen LogP contribution in [-0.2, 0) is 16.6 Å². The molecule has 0 unspecified atom stereocenters. The summed E-state index contributed by atoms with van der Waals surface area (Å²) in [5.41, 5.74) is 0.609. The van der Waals surface area contributed by atoms with Gasteiger partial charge in [0.25, 0.3) is 0 Å². The van der Waals surface area contributed by atoms with Gasteiger partial charge in [-0.15, -0.1) is 0 Å². The van der Waals surface area contributed by atoms with E-state index in [2.05, 4.69) is 4.72 Å². The Hall–Kier alpha value is -2.65. The second kappa shape index (κ2) is 8.57. The van der Waals surface area contributed by atoms with Crippen LogP contribution in [0.4, 0.5) is 0 Å². The average Bonchev–Trinajstić information content (AvgIpc) is 2.96. The SMILES string of the molecule is COc1cc(OC)c(OC)cc1CNS(=O)(=O)c1ccc2c(c1)OCCCO2. The van der Waals surface area contributed by atoms with Crippen molar-refractivity contribution in [3.05, 3.63) is 35.9 Å². The molecule has 0 bridgehead atoms. The molecule has 0 aromatic heterocycles. The quantitative estimate of drug-likeness (QED) is 0.750. The summed E-state index contributed by atoms with van der Waals surface area (Å²) in [7, 11) is 0.753. The first-order valence-corrected chi connectivity index (χ1v) is 10.1. The fourth-order valence-corrected chi connectivity index (χ4v) is 3.82. The molecule has 0 aliphatic carbocycles. The molecule has 0 saturated carbocycles. The van der Waals surface area contributed by atoms with Gasteiger partial charge in [-0.1, -0.05) is 0 Å². The highest BCUT2D eigenvalue weighted by molar-refractivity contribution is 7.89. The third-order valence-electron chi connectivity index (χ3n) is 4.27. The van der Waals surface area contributed by atoms with Crippen LogP contribution in [0.5, 0.6) is 28.7 Å². The zero-order valence-electron chi connectivity index (χ0n) is 16.0. The number of methoxy groups -OCH3 is 3. The second-order valence-corrected chi connectivity index (χ2v) is 7.77. The lowest BCUT2D eigenvalue weighted by Gasteiger charge is -2.15. The Morgan fingerprint density at radius 1 is 0.893 bits per heavy atom. The molecule has 1 aliphatic rings. The van der Waals surface area contributed by atoms with Crippen molar-refractivity contribution in [2.24, 2.45) is 0 Å². The van der Waals surface area contributed by atoms with Crippen molar-refractivity contribution >= 4 is 10.0 Å². The number of benzene rings is 2. The zero-order chi connectivity index (χ0) is 20.1. The van der Waals surface area contributed by atoms with Gasteiger partial charge in [0.1, 0.15) is 5.75 Å². The van der Waals surface area contributed by atoms with Crippen molar-refractivity contribution in [1.82, 2.24) is 4.72 Å². The van der Waals surface area contributed by atoms with Gasteiger partial charge in [0.05, 0.1) is 39.4 Å². The van der Waals surface area contributed by atoms with E-state index in [0.717, 1.165) is 6.42 Å². The summed E-state index contributed by atoms with van der Waals surface area (Å²) >= 11 is 0. The molecule has 0 saturated heterocycles. The molecule has 0 radical (unpaired) electrons. The van der Waals surface area contributed by atoms with E-state index >= 15 is 0 Å². The molecule has 2 aromatic rings. The minimum absolute atomic E-state index is 0.0142. The van der Waals surface area contributed by atoms with E-state index in [4.69, 9.17) is 23.7 Å². The fraction of sp³-hybridized carbons (Fsp3) is 0.368. The third-order valence-corrected chi connectivity index (χ3v) is 5.67. The molecule has 1 aliphatic heterocycles. The van der Waals surface area contributed by atoms with Gasteiger partial charge in [-0.25, -0.2) is 13.1 Å². The van der Waals surface area contributed by atoms with Crippen LogP contribution in [0, 0.1) is 0 Å². The van der Waals surface area contributed by atoms with Gasteiger partial charge in [0.15, 0.2) is 23.0 Å². The summed E-state index contributed by atoms with van der Waals surface area (Å²) in [6, 6.07) is 7.88. The van der Waals surface area contributed by atoms with Gasteiger partial charge in [-0.2, -0.15) is 0 Å². The van der Waals surface area contributed by atoms with Crippen LogP contribution < -0.4 is 28.4 Å². The lowest BCUT2D eigenvalue weighted by molar-refractivity contribution is 0.297. The Balaban J connectivity index is 1.83. The van der Waals surface area contributed by atoms with E-state index in [-0.39, 0.29) is 11.4 Å². The zero-order valence-corrected chi connectivity index (χ0v) is 16.8. The summed E-state index contributed by atoms with van der Waals surface area (Å²) in [6.45, 7) is 1.03. The highest BCUT2D eigenvalue weighted by atomic mass is 32.2. The maximum atomic E-state index is 12.8. The van der Waals surface area contributed by atoms with E-state index in [1.807, 2.05) is 0 Å². The normalized spacial score (nSPS) is 13.5. The fourth-order valence-electron chi connectivity index (χ4n) is 2.80. The van der Waals surface area contributed by atoms with Gasteiger partial charge in [-0.3, -0.25) is 0 Å². The van der Waals surface area contributed by atoms with Crippen molar-refractivity contribution in [3.63, 3.8) is 0 Å². The van der Waals surface area contributed by atoms with Gasteiger partial charge in [-0.05, 0) is 18.2 Å². The van der Waals surface area contributed by atoms with E-state index in [1.54, 1.807) is 18.2 Å². The molecule has 0 amide bonds. The van der Waals surface area contributed by atoms with E-state index in [1.165, 1.54) is 33.5 Å². The Bertz CT molecular complexity index is 944. The Morgan fingerprint density at radius 3 is 2.21 bits per heavy atom. The molecular formula is C19H23NO7S. The summed E-state index contributed by atoms with van der Waals surface area (Å²) in [4.78, 5) is 0.0937. The summed E-state index contributed by atoms with van der Waals surface area (Å²) < 4.78 is 55.1. The van der Waals surface area contributed by atoms with Crippen molar-refractivity contribution in [2.75, 3.05) is 34.5 Å². The summed E-state index contributed by atoms with van der Waals surface area (Å²) in [5, 5.41) is 0. The number of hydrogen-bond donors (Lipinski definition) is 1. The molecule has 3 rings (SSSR count). The van der Waals surface area contributed by atoms with Crippen LogP contribution in [0.15, 0.2) is 35.2 Å². The first-order chi connectivity index (χ1) is 13.5. The van der Waals surface area contributed by atoms with Crippen molar-refractivity contribution < 1.29 is 32.1 Å². The van der Waals surface area contributed by atoms with Gasteiger partial charge >= 0.3 is 0 Å². The second-order valence-electron chi connectivity index (χ2n) is 6.00. The van der Waals surface area contributed by atoms with Crippen molar-refractivity contribution in [1.29, 1.82) is 0 Å². The number of sulfonamides is 1. The maximum absolute atomic E-state index is 12.8. The van der Waals surface area contributed by atoms with Crippen LogP contribution in [0.25, 0.3) is 0 Å². The molecule has 0 fully saturated rings. The number of rotatable bonds is 7. The highest BCUT2D eigenvalue weighted by Gasteiger charge is 2.20. The monoisotopic (exact) mass is 409 g/mol. The van der Waals surface area contributed by atoms with Crippen molar-refractivity contribution in [3.8, 4) is 28.7 Å². The van der Waals surface area contributed by atoms with E-state index < -0.39 is 10.0 Å². The lowest BCUT2D eigenvalue weighted by Crippen LogP contribution is -2.23. The predicted octanol–water partition coefficient (Wildman–Crippen LogP) is 2.35. The lowest BCUT2D eigenvalue weighted by atomic mass is 10.1. The molecule has 1 N–H and O–H groups in total. The van der Waals surface area contributed by atoms with Crippen LogP contribution >= 0.6 is 0 Å². The van der Waals surface area contributed by atoms with Gasteiger partial charge in [0.2, 0.25) is 10.0 Å². The number of nitrogens with one attached hydrogen (secondary N) is 1. The van der Waals surface area contributed by atoms with Crippen LogP contribution in [0.3, 0.4) is 0 Å². The first kappa shape index (κ1) is 20.1. The molecule has 0 spiro atoms. The number of hydrogen-bond acceptors (Lipinski definition) is 7. The largest absolute Gasteiger partial charge is 0.496 e. The molecule has 1 heterocycles. The number of ether oxygens (including phenoxy) is 5. The maximum Gasteiger partial charge on any atom is 0.241 e. The van der Waals surface area contributed by atoms with E-state index in [9.17, 15) is 8.42 Å². The third kappa shape index (κ3) is 4.26. The smallest absolute Gasteiger partial charge is 0.241 e. The summed E-state index contributed by atoms with van der Waals surface area (Å²) in [6.07, 6.45) is 0.744. The molecule has 0 atom stereocenters. The number of fused-ring (bicyclic) bond motifs is 1. The van der Waals surface area contributed by atoms with Crippen molar-refractivity contribution in [2.45, 2.75) is 17.9 Å². The molecular weight excluding hydrogens is 386 g/mol. The molecule has 2 aromatic carbocycles. The molecule has 152 valence electrons. The van der Waals surface area contributed by atoms with E-state index in [0.29, 0.717) is 47.5 Å². The standard InChI is InChI=1S/C19H23NO7S/c1-23-16-11-18(25-3)17(24-2)9-13(16)12-20-28(21,22)14-5-6-15-19(10-14)27-8-4-7-26-15/h5-6,9-11,20H,4,7-8,12H2,1-3H3. The Labute approximate surface area is 164 Å². The topological polar surface area (TPSA) is 92.3 Å². The average molecular weight is 409 g/mol. The minimum Gasteiger partial charge on any atom is -0.496 e. The van der Waals surface area contributed by atoms with Crippen LogP contribution in [0.2, 0.25) is 0 Å². The Kier molecular flexibility index (Phi) is 6.15. The van der Waals surface area contributed by atoms with Crippen LogP contribution in [-0.4, -0.2) is 43.0 Å². The molecule has 8 nitrogen and oxygen atoms in total. The molecule has 9 heteroatoms. The highest BCUT2D eigenvalue weighted by Crippen LogP contribution is 2.35. The minimum atomic E-state index is -3.78. The van der Waals surface area contributed by atoms with Gasteiger partial charge in [0, 0.05) is 30.7 Å².